The number of nitrogens with zero attached hydrogens (tertiary/aromatic N) is 2. The molecule has 0 fully saturated rings. The maximum atomic E-state index is 11.0. The highest BCUT2D eigenvalue weighted by molar-refractivity contribution is 7.51. The van der Waals surface area contributed by atoms with Crippen LogP contribution in [0.3, 0.4) is 0 Å². The van der Waals surface area contributed by atoms with Crippen LogP contribution < -0.4 is 5.90 Å². The zero-order valence-corrected chi connectivity index (χ0v) is 7.94. The average molecular weight is 203 g/mol. The minimum atomic E-state index is -3.71. The Labute approximate surface area is 75.3 Å². The van der Waals surface area contributed by atoms with Gasteiger partial charge in [-0.3, -0.25) is 4.57 Å². The first-order chi connectivity index (χ1) is 6.03. The molecule has 6 nitrogen and oxygen atoms in total. The Bertz CT molecular complexity index is 326. The van der Waals surface area contributed by atoms with Gasteiger partial charge >= 0.3 is 7.60 Å². The standard InChI is InChI=1S/C6H10N3O3P/c1-5-8-2-6(3-9-5)4-13(10,11)12-7/h2-3H,4,7H2,1H3,(H,10,11). The summed E-state index contributed by atoms with van der Waals surface area (Å²) in [7, 11) is -3.71. The van der Waals surface area contributed by atoms with Crippen LogP contribution in [0.15, 0.2) is 12.4 Å². The number of hydrogen-bond donors (Lipinski definition) is 2. The van der Waals surface area contributed by atoms with E-state index >= 15 is 0 Å². The highest BCUT2D eigenvalue weighted by Gasteiger charge is 2.18. The van der Waals surface area contributed by atoms with E-state index in [1.165, 1.54) is 12.4 Å². The van der Waals surface area contributed by atoms with Crippen LogP contribution in [-0.4, -0.2) is 14.9 Å². The number of rotatable bonds is 3. The first-order valence-corrected chi connectivity index (χ1v) is 5.27. The number of aryl methyl sites for hydroxylation is 1. The Balaban J connectivity index is 2.75. The van der Waals surface area contributed by atoms with Crippen molar-refractivity contribution >= 4 is 7.60 Å². The van der Waals surface area contributed by atoms with Crippen molar-refractivity contribution in [1.82, 2.24) is 9.97 Å². The fourth-order valence-corrected chi connectivity index (χ4v) is 1.47. The molecule has 72 valence electrons. The number of hydrogen-bond acceptors (Lipinski definition) is 5. The third-order valence-corrected chi connectivity index (χ3v) is 2.48. The molecule has 1 atom stereocenters. The normalized spacial score (nSPS) is 15.3. The van der Waals surface area contributed by atoms with E-state index in [9.17, 15) is 4.57 Å². The van der Waals surface area contributed by atoms with E-state index in [2.05, 4.69) is 20.5 Å². The van der Waals surface area contributed by atoms with E-state index in [0.717, 1.165) is 0 Å². The molecule has 0 aliphatic carbocycles. The highest BCUT2D eigenvalue weighted by atomic mass is 31.2. The molecule has 7 heteroatoms. The molecule has 13 heavy (non-hydrogen) atoms. The van der Waals surface area contributed by atoms with Gasteiger partial charge in [0.15, 0.2) is 0 Å². The van der Waals surface area contributed by atoms with E-state index in [0.29, 0.717) is 11.4 Å². The zero-order chi connectivity index (χ0) is 9.90. The molecule has 0 saturated heterocycles. The second-order valence-electron chi connectivity index (χ2n) is 2.54. The van der Waals surface area contributed by atoms with E-state index in [1.54, 1.807) is 6.92 Å². The zero-order valence-electron chi connectivity index (χ0n) is 7.04. The minimum Gasteiger partial charge on any atom is -0.323 e. The molecular weight excluding hydrogens is 193 g/mol. The Hall–Kier alpha value is -0.810. The molecule has 1 aromatic heterocycles. The first kappa shape index (κ1) is 10.3. The van der Waals surface area contributed by atoms with Crippen LogP contribution in [0.2, 0.25) is 0 Å². The third-order valence-electron chi connectivity index (χ3n) is 1.38. The second-order valence-corrected chi connectivity index (χ2v) is 4.34. The molecule has 0 bridgehead atoms. The topological polar surface area (TPSA) is 98.3 Å². The molecule has 0 aliphatic rings. The van der Waals surface area contributed by atoms with Gasteiger partial charge in [-0.25, -0.2) is 20.5 Å². The van der Waals surface area contributed by atoms with Crippen molar-refractivity contribution in [1.29, 1.82) is 0 Å². The van der Waals surface area contributed by atoms with Gasteiger partial charge in [0.1, 0.15) is 5.82 Å². The highest BCUT2D eigenvalue weighted by Crippen LogP contribution is 2.43. The van der Waals surface area contributed by atoms with Gasteiger partial charge in [-0.15, -0.1) is 0 Å². The van der Waals surface area contributed by atoms with Gasteiger partial charge in [-0.1, -0.05) is 0 Å². The molecule has 1 heterocycles. The van der Waals surface area contributed by atoms with Crippen molar-refractivity contribution in [2.24, 2.45) is 5.90 Å². The van der Waals surface area contributed by atoms with Crippen LogP contribution in [0, 0.1) is 6.92 Å². The van der Waals surface area contributed by atoms with Gasteiger partial charge in [0.05, 0.1) is 6.16 Å². The SMILES string of the molecule is Cc1ncc(CP(=O)(O)ON)cn1. The molecule has 1 aromatic rings. The molecule has 1 unspecified atom stereocenters. The predicted molar refractivity (Wildman–Crippen MR) is 45.6 cm³/mol. The van der Waals surface area contributed by atoms with Crippen molar-refractivity contribution < 1.29 is 14.1 Å². The maximum absolute atomic E-state index is 11.0. The molecule has 1 rings (SSSR count). The lowest BCUT2D eigenvalue weighted by Crippen LogP contribution is -2.00. The fraction of sp³-hybridized carbons (Fsp3) is 0.333. The fourth-order valence-electron chi connectivity index (χ4n) is 0.769. The van der Waals surface area contributed by atoms with Crippen LogP contribution in [0.25, 0.3) is 0 Å². The van der Waals surface area contributed by atoms with Gasteiger partial charge < -0.3 is 4.89 Å². The van der Waals surface area contributed by atoms with Crippen LogP contribution in [-0.2, 0) is 15.4 Å². The minimum absolute atomic E-state index is 0.177. The summed E-state index contributed by atoms with van der Waals surface area (Å²) >= 11 is 0. The van der Waals surface area contributed by atoms with E-state index in [4.69, 9.17) is 4.89 Å². The number of nitrogens with two attached hydrogens (primary N) is 1. The summed E-state index contributed by atoms with van der Waals surface area (Å²) in [5.74, 6) is 5.23. The van der Waals surface area contributed by atoms with Gasteiger partial charge in [0.25, 0.3) is 0 Å². The van der Waals surface area contributed by atoms with Gasteiger partial charge in [0.2, 0.25) is 0 Å². The molecule has 0 aromatic carbocycles. The molecule has 0 aliphatic heterocycles. The van der Waals surface area contributed by atoms with Crippen molar-refractivity contribution in [3.8, 4) is 0 Å². The lowest BCUT2D eigenvalue weighted by molar-refractivity contribution is 0.267. The van der Waals surface area contributed by atoms with Gasteiger partial charge in [0, 0.05) is 18.0 Å². The molecule has 0 spiro atoms. The summed E-state index contributed by atoms with van der Waals surface area (Å²) in [6, 6.07) is 0. The Morgan fingerprint density at radius 3 is 2.62 bits per heavy atom. The van der Waals surface area contributed by atoms with Crippen molar-refractivity contribution in [2.45, 2.75) is 13.1 Å². The lowest BCUT2D eigenvalue weighted by Gasteiger charge is -2.06. The Morgan fingerprint density at radius 1 is 1.62 bits per heavy atom. The van der Waals surface area contributed by atoms with Gasteiger partial charge in [-0.2, -0.15) is 0 Å². The number of aromatic nitrogens is 2. The van der Waals surface area contributed by atoms with E-state index in [1.807, 2.05) is 0 Å². The van der Waals surface area contributed by atoms with Crippen LogP contribution >= 0.6 is 7.60 Å². The summed E-state index contributed by atoms with van der Waals surface area (Å²) in [4.78, 5) is 16.7. The summed E-state index contributed by atoms with van der Waals surface area (Å²) in [6.45, 7) is 1.72. The quantitative estimate of drug-likeness (QED) is 0.543. The van der Waals surface area contributed by atoms with E-state index in [-0.39, 0.29) is 6.16 Å². The van der Waals surface area contributed by atoms with Crippen molar-refractivity contribution in [3.05, 3.63) is 23.8 Å². The van der Waals surface area contributed by atoms with Gasteiger partial charge in [-0.05, 0) is 6.92 Å². The molecule has 0 radical (unpaired) electrons. The molecule has 0 saturated carbocycles. The third kappa shape index (κ3) is 3.20. The summed E-state index contributed by atoms with van der Waals surface area (Å²) in [5, 5.41) is 0. The van der Waals surface area contributed by atoms with Crippen molar-refractivity contribution in [2.75, 3.05) is 0 Å². The van der Waals surface area contributed by atoms with Crippen LogP contribution in [0.4, 0.5) is 0 Å². The summed E-state index contributed by atoms with van der Waals surface area (Å²) in [5.41, 5.74) is 0.516. The largest absolute Gasteiger partial charge is 0.348 e. The van der Waals surface area contributed by atoms with Crippen LogP contribution in [0.5, 0.6) is 0 Å². The smallest absolute Gasteiger partial charge is 0.323 e. The van der Waals surface area contributed by atoms with Crippen molar-refractivity contribution in [3.63, 3.8) is 0 Å². The molecular formula is C6H10N3O3P. The monoisotopic (exact) mass is 203 g/mol. The summed E-state index contributed by atoms with van der Waals surface area (Å²) < 4.78 is 14.9. The lowest BCUT2D eigenvalue weighted by atomic mass is 10.4. The summed E-state index contributed by atoms with van der Waals surface area (Å²) in [6.07, 6.45) is 2.75. The predicted octanol–water partition coefficient (Wildman–Crippen LogP) is 0.361. The van der Waals surface area contributed by atoms with E-state index < -0.39 is 7.60 Å². The average Bonchev–Trinajstić information content (AvgIpc) is 2.09. The Morgan fingerprint density at radius 2 is 2.15 bits per heavy atom. The Kier molecular flexibility index (Phi) is 3.11. The molecule has 0 amide bonds. The second kappa shape index (κ2) is 3.93. The molecule has 3 N–H and O–H groups in total. The first-order valence-electron chi connectivity index (χ1n) is 3.51. The van der Waals surface area contributed by atoms with Crippen LogP contribution in [0.1, 0.15) is 11.4 Å². The maximum Gasteiger partial charge on any atom is 0.348 e.